The van der Waals surface area contributed by atoms with Crippen LogP contribution in [0.15, 0.2) is 41.3 Å². The summed E-state index contributed by atoms with van der Waals surface area (Å²) in [7, 11) is 0. The van der Waals surface area contributed by atoms with Gasteiger partial charge in [-0.05, 0) is 42.7 Å². The number of nitrogens with zero attached hydrogens (tertiary/aromatic N) is 2. The van der Waals surface area contributed by atoms with Gasteiger partial charge >= 0.3 is 5.97 Å². The quantitative estimate of drug-likeness (QED) is 0.751. The molecule has 0 atom stereocenters. The number of hydrogen-bond donors (Lipinski definition) is 1. The molecule has 3 rings (SSSR count). The smallest absolute Gasteiger partial charge is 0.335 e. The van der Waals surface area contributed by atoms with E-state index in [1.807, 2.05) is 12.1 Å². The molecule has 1 N–H and O–H groups in total. The molecular weight excluding hydrogens is 280 g/mol. The molecule has 0 spiro atoms. The molecule has 0 aliphatic heterocycles. The molecule has 0 unspecified atom stereocenters. The number of unbranched alkanes of at least 4 members (excludes halogenated alkanes) is 1. The molecule has 1 aromatic carbocycles. The van der Waals surface area contributed by atoms with Crippen LogP contribution in [-0.4, -0.2) is 20.5 Å². The molecule has 0 aliphatic carbocycles. The van der Waals surface area contributed by atoms with Gasteiger partial charge in [-0.2, -0.15) is 0 Å². The first-order valence-corrected chi connectivity index (χ1v) is 7.28. The van der Waals surface area contributed by atoms with Gasteiger partial charge in [0.05, 0.1) is 16.5 Å². The second-order valence-corrected chi connectivity index (χ2v) is 5.32. The molecule has 0 saturated carbocycles. The first kappa shape index (κ1) is 14.3. The van der Waals surface area contributed by atoms with Crippen LogP contribution in [0.3, 0.4) is 0 Å². The summed E-state index contributed by atoms with van der Waals surface area (Å²) >= 11 is 0. The Morgan fingerprint density at radius 2 is 2.09 bits per heavy atom. The predicted octanol–water partition coefficient (Wildman–Crippen LogP) is 2.89. The topological polar surface area (TPSA) is 71.7 Å². The Hall–Kier alpha value is -2.69. The van der Waals surface area contributed by atoms with Crippen molar-refractivity contribution in [3.8, 4) is 0 Å². The Kier molecular flexibility index (Phi) is 3.63. The number of carboxylic acids is 1. The number of benzene rings is 1. The van der Waals surface area contributed by atoms with Gasteiger partial charge in [0.25, 0.3) is 5.56 Å². The standard InChI is InChI=1S/C17H16N2O3/c1-2-3-4-11-5-8-15-18-14-7-6-12(17(21)22)9-13(14)16(20)19(15)10-11/h5-10H,2-4H2,1H3,(H,21,22). The lowest BCUT2D eigenvalue weighted by Gasteiger charge is -2.06. The fourth-order valence-electron chi connectivity index (χ4n) is 2.51. The van der Waals surface area contributed by atoms with Crippen molar-refractivity contribution in [2.24, 2.45) is 0 Å². The Bertz CT molecular complexity index is 928. The number of aryl methyl sites for hydroxylation is 1. The normalized spacial score (nSPS) is 11.1. The van der Waals surface area contributed by atoms with Crippen LogP contribution in [0, 0.1) is 0 Å². The van der Waals surface area contributed by atoms with Gasteiger partial charge in [0, 0.05) is 6.20 Å². The molecule has 5 nitrogen and oxygen atoms in total. The zero-order valence-corrected chi connectivity index (χ0v) is 12.2. The van der Waals surface area contributed by atoms with Gasteiger partial charge in [0.15, 0.2) is 0 Å². The van der Waals surface area contributed by atoms with E-state index in [4.69, 9.17) is 5.11 Å². The fraction of sp³-hybridized carbons (Fsp3) is 0.235. The minimum atomic E-state index is -1.05. The van der Waals surface area contributed by atoms with Crippen LogP contribution in [0.1, 0.15) is 35.7 Å². The van der Waals surface area contributed by atoms with E-state index in [0.717, 1.165) is 24.8 Å². The van der Waals surface area contributed by atoms with Crippen LogP contribution in [0.5, 0.6) is 0 Å². The summed E-state index contributed by atoms with van der Waals surface area (Å²) in [4.78, 5) is 28.1. The monoisotopic (exact) mass is 296 g/mol. The molecule has 0 fully saturated rings. The van der Waals surface area contributed by atoms with E-state index < -0.39 is 5.97 Å². The number of aromatic carboxylic acids is 1. The third-order valence-corrected chi connectivity index (χ3v) is 3.73. The number of hydrogen-bond acceptors (Lipinski definition) is 3. The van der Waals surface area contributed by atoms with Crippen molar-refractivity contribution in [2.45, 2.75) is 26.2 Å². The lowest BCUT2D eigenvalue weighted by molar-refractivity contribution is 0.0697. The Balaban J connectivity index is 2.24. The van der Waals surface area contributed by atoms with Crippen LogP contribution >= 0.6 is 0 Å². The molecule has 0 aliphatic rings. The van der Waals surface area contributed by atoms with E-state index in [2.05, 4.69) is 11.9 Å². The van der Waals surface area contributed by atoms with Crippen LogP contribution in [-0.2, 0) is 6.42 Å². The zero-order chi connectivity index (χ0) is 15.7. The van der Waals surface area contributed by atoms with E-state index in [1.165, 1.54) is 16.5 Å². The average molecular weight is 296 g/mol. The van der Waals surface area contributed by atoms with Crippen LogP contribution < -0.4 is 5.56 Å². The van der Waals surface area contributed by atoms with Gasteiger partial charge in [0.2, 0.25) is 0 Å². The Labute approximate surface area is 126 Å². The van der Waals surface area contributed by atoms with Crippen molar-refractivity contribution >= 4 is 22.5 Å². The molecule has 112 valence electrons. The van der Waals surface area contributed by atoms with Gasteiger partial charge in [0.1, 0.15) is 5.65 Å². The Morgan fingerprint density at radius 1 is 1.27 bits per heavy atom. The van der Waals surface area contributed by atoms with Crippen molar-refractivity contribution in [2.75, 3.05) is 0 Å². The second kappa shape index (κ2) is 5.60. The number of carboxylic acid groups (broad SMARTS) is 1. The largest absolute Gasteiger partial charge is 0.478 e. The van der Waals surface area contributed by atoms with Crippen molar-refractivity contribution in [1.29, 1.82) is 0 Å². The van der Waals surface area contributed by atoms with E-state index in [1.54, 1.807) is 12.3 Å². The number of fused-ring (bicyclic) bond motifs is 2. The lowest BCUT2D eigenvalue weighted by atomic mass is 10.1. The molecule has 0 radical (unpaired) electrons. The molecular formula is C17H16N2O3. The SMILES string of the molecule is CCCCc1ccc2nc3ccc(C(=O)O)cc3c(=O)n2c1. The summed E-state index contributed by atoms with van der Waals surface area (Å²) in [5.74, 6) is -1.05. The van der Waals surface area contributed by atoms with E-state index in [0.29, 0.717) is 16.6 Å². The maximum Gasteiger partial charge on any atom is 0.335 e. The van der Waals surface area contributed by atoms with Crippen molar-refractivity contribution in [3.05, 3.63) is 58.0 Å². The van der Waals surface area contributed by atoms with E-state index >= 15 is 0 Å². The first-order chi connectivity index (χ1) is 10.6. The highest BCUT2D eigenvalue weighted by molar-refractivity contribution is 5.93. The minimum Gasteiger partial charge on any atom is -0.478 e. The summed E-state index contributed by atoms with van der Waals surface area (Å²) in [5.41, 5.74) is 2.01. The third-order valence-electron chi connectivity index (χ3n) is 3.73. The zero-order valence-electron chi connectivity index (χ0n) is 12.2. The van der Waals surface area contributed by atoms with Crippen molar-refractivity contribution in [1.82, 2.24) is 9.38 Å². The van der Waals surface area contributed by atoms with Crippen molar-refractivity contribution in [3.63, 3.8) is 0 Å². The third kappa shape index (κ3) is 2.45. The molecule has 22 heavy (non-hydrogen) atoms. The average Bonchev–Trinajstić information content (AvgIpc) is 2.53. The summed E-state index contributed by atoms with van der Waals surface area (Å²) < 4.78 is 1.50. The highest BCUT2D eigenvalue weighted by Crippen LogP contribution is 2.13. The van der Waals surface area contributed by atoms with Crippen LogP contribution in [0.4, 0.5) is 0 Å². The summed E-state index contributed by atoms with van der Waals surface area (Å²) in [6, 6.07) is 8.23. The molecule has 0 bridgehead atoms. The summed E-state index contributed by atoms with van der Waals surface area (Å²) in [6.45, 7) is 2.12. The number of aromatic nitrogens is 2. The highest BCUT2D eigenvalue weighted by atomic mass is 16.4. The predicted molar refractivity (Wildman–Crippen MR) is 84.5 cm³/mol. The molecule has 2 aromatic heterocycles. The maximum atomic E-state index is 12.6. The summed E-state index contributed by atoms with van der Waals surface area (Å²) in [6.07, 6.45) is 4.86. The summed E-state index contributed by atoms with van der Waals surface area (Å²) in [5, 5.41) is 9.38. The van der Waals surface area contributed by atoms with Gasteiger partial charge in [-0.3, -0.25) is 9.20 Å². The van der Waals surface area contributed by atoms with E-state index in [-0.39, 0.29) is 11.1 Å². The van der Waals surface area contributed by atoms with Gasteiger partial charge in [-0.1, -0.05) is 19.4 Å². The molecule has 5 heteroatoms. The number of carbonyl (C=O) groups is 1. The molecule has 0 amide bonds. The lowest BCUT2D eigenvalue weighted by Crippen LogP contribution is -2.16. The van der Waals surface area contributed by atoms with E-state index in [9.17, 15) is 9.59 Å². The molecule has 0 saturated heterocycles. The number of pyridine rings is 1. The Morgan fingerprint density at radius 3 is 2.82 bits per heavy atom. The van der Waals surface area contributed by atoms with Gasteiger partial charge in [-0.15, -0.1) is 0 Å². The van der Waals surface area contributed by atoms with Crippen LogP contribution in [0.25, 0.3) is 16.6 Å². The van der Waals surface area contributed by atoms with Gasteiger partial charge in [-0.25, -0.2) is 9.78 Å². The number of rotatable bonds is 4. The molecule has 3 aromatic rings. The van der Waals surface area contributed by atoms with Gasteiger partial charge < -0.3 is 5.11 Å². The molecule has 2 heterocycles. The van der Waals surface area contributed by atoms with Crippen molar-refractivity contribution < 1.29 is 9.90 Å². The minimum absolute atomic E-state index is 0.0912. The second-order valence-electron chi connectivity index (χ2n) is 5.32. The fourth-order valence-corrected chi connectivity index (χ4v) is 2.51. The maximum absolute atomic E-state index is 12.6. The first-order valence-electron chi connectivity index (χ1n) is 7.28. The van der Waals surface area contributed by atoms with Crippen LogP contribution in [0.2, 0.25) is 0 Å². The highest BCUT2D eigenvalue weighted by Gasteiger charge is 2.10.